The number of thioether (sulfide) groups is 1. The molecule has 0 bridgehead atoms. The maximum atomic E-state index is 12.3. The Morgan fingerprint density at radius 3 is 2.74 bits per heavy atom. The lowest BCUT2D eigenvalue weighted by atomic mass is 10.1. The molecule has 9 heteroatoms. The molecule has 3 rings (SSSR count). The molecule has 0 spiro atoms. The second-order valence-corrected chi connectivity index (χ2v) is 7.57. The highest BCUT2D eigenvalue weighted by Crippen LogP contribution is 2.27. The number of nitrogens with zero attached hydrogens (tertiary/aromatic N) is 3. The van der Waals surface area contributed by atoms with Crippen molar-refractivity contribution in [3.05, 3.63) is 47.3 Å². The minimum atomic E-state index is -0.582. The van der Waals surface area contributed by atoms with E-state index >= 15 is 0 Å². The number of carbonyl (C=O) groups is 2. The number of carbonyl (C=O) groups excluding carboxylic acids is 2. The van der Waals surface area contributed by atoms with E-state index in [4.69, 9.17) is 5.73 Å². The van der Waals surface area contributed by atoms with Crippen molar-refractivity contribution in [1.82, 2.24) is 14.8 Å². The molecule has 3 N–H and O–H groups in total. The van der Waals surface area contributed by atoms with Crippen LogP contribution in [0.2, 0.25) is 0 Å². The number of thiophene rings is 1. The highest BCUT2D eigenvalue weighted by molar-refractivity contribution is 7.99. The number of primary amides is 1. The third-order valence-electron chi connectivity index (χ3n) is 3.70. The molecule has 3 aromatic rings. The molecule has 2 heterocycles. The molecule has 0 radical (unpaired) electrons. The lowest BCUT2D eigenvalue weighted by molar-refractivity contribution is -0.113. The van der Waals surface area contributed by atoms with Crippen LogP contribution in [-0.2, 0) is 11.3 Å². The van der Waals surface area contributed by atoms with E-state index in [1.54, 1.807) is 35.6 Å². The average molecular weight is 402 g/mol. The SMILES string of the molecule is CCCn1c(SCC(=O)Nc2ccccc2C(N)=O)nnc1-c1cccs1. The van der Waals surface area contributed by atoms with Crippen LogP contribution in [0.15, 0.2) is 46.9 Å². The van der Waals surface area contributed by atoms with Gasteiger partial charge in [-0.3, -0.25) is 9.59 Å². The van der Waals surface area contributed by atoms with Crippen LogP contribution in [0.4, 0.5) is 5.69 Å². The Hall–Kier alpha value is -2.65. The van der Waals surface area contributed by atoms with E-state index < -0.39 is 5.91 Å². The maximum Gasteiger partial charge on any atom is 0.250 e. The molecule has 2 aromatic heterocycles. The summed E-state index contributed by atoms with van der Waals surface area (Å²) in [5.41, 5.74) is 6.03. The molecule has 2 amide bonds. The zero-order valence-electron chi connectivity index (χ0n) is 14.7. The van der Waals surface area contributed by atoms with Crippen molar-refractivity contribution in [3.63, 3.8) is 0 Å². The lowest BCUT2D eigenvalue weighted by Crippen LogP contribution is -2.19. The molecule has 0 unspecified atom stereocenters. The fourth-order valence-electron chi connectivity index (χ4n) is 2.53. The average Bonchev–Trinajstić information content (AvgIpc) is 3.30. The topological polar surface area (TPSA) is 103 Å². The van der Waals surface area contributed by atoms with Crippen molar-refractivity contribution in [2.75, 3.05) is 11.1 Å². The number of aromatic nitrogens is 3. The summed E-state index contributed by atoms with van der Waals surface area (Å²) in [6.45, 7) is 2.86. The summed E-state index contributed by atoms with van der Waals surface area (Å²) >= 11 is 2.92. The van der Waals surface area contributed by atoms with Crippen molar-refractivity contribution in [2.45, 2.75) is 25.0 Å². The first-order chi connectivity index (χ1) is 13.1. The van der Waals surface area contributed by atoms with Crippen LogP contribution in [-0.4, -0.2) is 32.3 Å². The first-order valence-corrected chi connectivity index (χ1v) is 10.2. The minimum Gasteiger partial charge on any atom is -0.366 e. The predicted molar refractivity (Wildman–Crippen MR) is 108 cm³/mol. The number of nitrogens with one attached hydrogen (secondary N) is 1. The third-order valence-corrected chi connectivity index (χ3v) is 5.54. The van der Waals surface area contributed by atoms with Gasteiger partial charge in [-0.2, -0.15) is 0 Å². The number of benzene rings is 1. The van der Waals surface area contributed by atoms with E-state index in [9.17, 15) is 9.59 Å². The zero-order chi connectivity index (χ0) is 19.2. The molecule has 0 aliphatic heterocycles. The zero-order valence-corrected chi connectivity index (χ0v) is 16.3. The van der Waals surface area contributed by atoms with Crippen molar-refractivity contribution >= 4 is 40.6 Å². The molecule has 0 saturated heterocycles. The molecule has 0 saturated carbocycles. The van der Waals surface area contributed by atoms with Crippen LogP contribution in [0.1, 0.15) is 23.7 Å². The van der Waals surface area contributed by atoms with Gasteiger partial charge in [0.15, 0.2) is 11.0 Å². The smallest absolute Gasteiger partial charge is 0.250 e. The van der Waals surface area contributed by atoms with E-state index in [-0.39, 0.29) is 17.2 Å². The van der Waals surface area contributed by atoms with Gasteiger partial charge >= 0.3 is 0 Å². The minimum absolute atomic E-state index is 0.152. The van der Waals surface area contributed by atoms with Crippen LogP contribution in [0, 0.1) is 0 Å². The van der Waals surface area contributed by atoms with Gasteiger partial charge in [0, 0.05) is 6.54 Å². The number of amides is 2. The maximum absolute atomic E-state index is 12.3. The normalized spacial score (nSPS) is 10.7. The van der Waals surface area contributed by atoms with Gasteiger partial charge in [-0.15, -0.1) is 21.5 Å². The van der Waals surface area contributed by atoms with Crippen molar-refractivity contribution in [2.24, 2.45) is 5.73 Å². The summed E-state index contributed by atoms with van der Waals surface area (Å²) in [7, 11) is 0. The van der Waals surface area contributed by atoms with Gasteiger partial charge in [-0.1, -0.05) is 36.9 Å². The Morgan fingerprint density at radius 1 is 1.22 bits per heavy atom. The van der Waals surface area contributed by atoms with E-state index in [1.165, 1.54) is 11.8 Å². The van der Waals surface area contributed by atoms with Gasteiger partial charge in [0.25, 0.3) is 5.91 Å². The van der Waals surface area contributed by atoms with E-state index in [1.807, 2.05) is 22.1 Å². The third kappa shape index (κ3) is 4.55. The molecule has 27 heavy (non-hydrogen) atoms. The van der Waals surface area contributed by atoms with E-state index in [0.29, 0.717) is 10.8 Å². The number of rotatable bonds is 8. The molecule has 0 aliphatic rings. The largest absolute Gasteiger partial charge is 0.366 e. The lowest BCUT2D eigenvalue weighted by Gasteiger charge is -2.09. The summed E-state index contributed by atoms with van der Waals surface area (Å²) in [5.74, 6) is 0.146. The summed E-state index contributed by atoms with van der Waals surface area (Å²) in [4.78, 5) is 24.8. The first-order valence-electron chi connectivity index (χ1n) is 8.38. The van der Waals surface area contributed by atoms with Gasteiger partial charge < -0.3 is 15.6 Å². The highest BCUT2D eigenvalue weighted by Gasteiger charge is 2.16. The molecule has 140 valence electrons. The van der Waals surface area contributed by atoms with Gasteiger partial charge in [0.1, 0.15) is 0 Å². The summed E-state index contributed by atoms with van der Waals surface area (Å²) < 4.78 is 2.03. The van der Waals surface area contributed by atoms with Gasteiger partial charge in [-0.05, 0) is 30.0 Å². The molecule has 0 atom stereocenters. The number of hydrogen-bond acceptors (Lipinski definition) is 6. The Morgan fingerprint density at radius 2 is 2.04 bits per heavy atom. The van der Waals surface area contributed by atoms with Crippen molar-refractivity contribution in [3.8, 4) is 10.7 Å². The molecular formula is C18H19N5O2S2. The standard InChI is InChI=1S/C18H19N5O2S2/c1-2-9-23-17(14-8-5-10-26-14)21-22-18(23)27-11-15(24)20-13-7-4-3-6-12(13)16(19)25/h3-8,10H,2,9,11H2,1H3,(H2,19,25)(H,20,24). The predicted octanol–water partition coefficient (Wildman–Crippen LogP) is 3.25. The Bertz CT molecular complexity index is 937. The van der Waals surface area contributed by atoms with Crippen LogP contribution in [0.3, 0.4) is 0 Å². The number of nitrogens with two attached hydrogens (primary N) is 1. The quantitative estimate of drug-likeness (QED) is 0.564. The molecular weight excluding hydrogens is 382 g/mol. The number of hydrogen-bond donors (Lipinski definition) is 2. The molecule has 7 nitrogen and oxygen atoms in total. The number of para-hydroxylation sites is 1. The van der Waals surface area contributed by atoms with Crippen LogP contribution < -0.4 is 11.1 Å². The first kappa shape index (κ1) is 19.1. The Balaban J connectivity index is 1.70. The molecule has 0 fully saturated rings. The Labute approximate surface area is 165 Å². The van der Waals surface area contributed by atoms with Gasteiger partial charge in [0.2, 0.25) is 5.91 Å². The highest BCUT2D eigenvalue weighted by atomic mass is 32.2. The van der Waals surface area contributed by atoms with E-state index in [2.05, 4.69) is 22.4 Å². The van der Waals surface area contributed by atoms with Crippen molar-refractivity contribution in [1.29, 1.82) is 0 Å². The summed E-state index contributed by atoms with van der Waals surface area (Å²) in [6.07, 6.45) is 0.933. The Kier molecular flexibility index (Phi) is 6.25. The van der Waals surface area contributed by atoms with Crippen LogP contribution in [0.5, 0.6) is 0 Å². The monoisotopic (exact) mass is 401 g/mol. The molecule has 1 aromatic carbocycles. The number of anilines is 1. The van der Waals surface area contributed by atoms with Crippen LogP contribution in [0.25, 0.3) is 10.7 Å². The fourth-order valence-corrected chi connectivity index (χ4v) is 4.01. The summed E-state index contributed by atoms with van der Waals surface area (Å²) in [6, 6.07) is 10.6. The second kappa shape index (κ2) is 8.83. The molecule has 0 aliphatic carbocycles. The fraction of sp³-hybridized carbons (Fsp3) is 0.222. The van der Waals surface area contributed by atoms with Gasteiger partial charge in [-0.25, -0.2) is 0 Å². The van der Waals surface area contributed by atoms with E-state index in [0.717, 1.165) is 23.7 Å². The second-order valence-electron chi connectivity index (χ2n) is 5.68. The van der Waals surface area contributed by atoms with Gasteiger partial charge in [0.05, 0.1) is 21.9 Å². The van der Waals surface area contributed by atoms with Crippen LogP contribution >= 0.6 is 23.1 Å². The summed E-state index contributed by atoms with van der Waals surface area (Å²) in [5, 5.41) is 14.0. The van der Waals surface area contributed by atoms with Crippen molar-refractivity contribution < 1.29 is 9.59 Å².